The second-order valence-electron chi connectivity index (χ2n) is 6.31. The normalized spacial score (nSPS) is 12.0. The first-order valence-electron chi connectivity index (χ1n) is 8.66. The summed E-state index contributed by atoms with van der Waals surface area (Å²) in [6, 6.07) is 23.9. The highest BCUT2D eigenvalue weighted by molar-refractivity contribution is 5.49. The molecular weight excluding hydrogens is 324 g/mol. The molecule has 134 valence electrons. The lowest BCUT2D eigenvalue weighted by Gasteiger charge is -2.26. The number of ether oxygens (including phenoxy) is 2. The van der Waals surface area contributed by atoms with Crippen LogP contribution in [0.1, 0.15) is 34.3 Å². The molecule has 1 atom stereocenters. The lowest BCUT2D eigenvalue weighted by Crippen LogP contribution is -2.14. The monoisotopic (exact) mass is 348 g/mol. The number of aliphatic hydroxyl groups excluding tert-OH is 1. The Morgan fingerprint density at radius 2 is 1.23 bits per heavy atom. The third-order valence-corrected chi connectivity index (χ3v) is 4.70. The number of aryl methyl sites for hydroxylation is 1. The summed E-state index contributed by atoms with van der Waals surface area (Å²) in [5.41, 5.74) is 3.78. The number of rotatable bonds is 6. The molecule has 3 rings (SSSR count). The topological polar surface area (TPSA) is 38.7 Å². The number of methoxy groups -OCH3 is 2. The van der Waals surface area contributed by atoms with E-state index in [1.165, 1.54) is 0 Å². The highest BCUT2D eigenvalue weighted by Gasteiger charge is 2.27. The Morgan fingerprint density at radius 3 is 1.69 bits per heavy atom. The van der Waals surface area contributed by atoms with Crippen LogP contribution in [0.5, 0.6) is 11.5 Å². The van der Waals surface area contributed by atoms with E-state index in [9.17, 15) is 5.11 Å². The molecule has 0 saturated carbocycles. The average molecular weight is 348 g/mol. The van der Waals surface area contributed by atoms with Crippen LogP contribution < -0.4 is 9.47 Å². The van der Waals surface area contributed by atoms with Crippen molar-refractivity contribution in [2.45, 2.75) is 18.9 Å². The molecule has 0 aliphatic carbocycles. The van der Waals surface area contributed by atoms with E-state index < -0.39 is 6.10 Å². The van der Waals surface area contributed by atoms with Gasteiger partial charge in [-0.15, -0.1) is 0 Å². The third kappa shape index (κ3) is 3.58. The van der Waals surface area contributed by atoms with Crippen molar-refractivity contribution in [2.24, 2.45) is 0 Å². The van der Waals surface area contributed by atoms with E-state index in [1.807, 2.05) is 79.7 Å². The lowest BCUT2D eigenvalue weighted by atomic mass is 9.83. The van der Waals surface area contributed by atoms with E-state index >= 15 is 0 Å². The van der Waals surface area contributed by atoms with Gasteiger partial charge in [0, 0.05) is 11.5 Å². The summed E-state index contributed by atoms with van der Waals surface area (Å²) >= 11 is 0. The highest BCUT2D eigenvalue weighted by Crippen LogP contribution is 2.42. The zero-order valence-electron chi connectivity index (χ0n) is 15.3. The van der Waals surface area contributed by atoms with Gasteiger partial charge >= 0.3 is 0 Å². The first kappa shape index (κ1) is 18.0. The molecule has 0 bridgehead atoms. The third-order valence-electron chi connectivity index (χ3n) is 4.70. The molecule has 0 heterocycles. The summed E-state index contributed by atoms with van der Waals surface area (Å²) in [5, 5.41) is 11.4. The fourth-order valence-corrected chi connectivity index (χ4v) is 3.36. The number of hydrogen-bond donors (Lipinski definition) is 1. The summed E-state index contributed by atoms with van der Waals surface area (Å²) in [7, 11) is 3.26. The molecule has 3 nitrogen and oxygen atoms in total. The van der Waals surface area contributed by atoms with Gasteiger partial charge in [-0.2, -0.15) is 0 Å². The van der Waals surface area contributed by atoms with Gasteiger partial charge in [0.1, 0.15) is 11.5 Å². The summed E-state index contributed by atoms with van der Waals surface area (Å²) < 4.78 is 11.0. The quantitative estimate of drug-likeness (QED) is 0.690. The average Bonchev–Trinajstić information content (AvgIpc) is 2.69. The van der Waals surface area contributed by atoms with Crippen molar-refractivity contribution in [2.75, 3.05) is 14.2 Å². The molecule has 0 aromatic heterocycles. The molecule has 3 heteroatoms. The van der Waals surface area contributed by atoms with Gasteiger partial charge in [0.25, 0.3) is 0 Å². The van der Waals surface area contributed by atoms with E-state index in [0.29, 0.717) is 11.3 Å². The zero-order chi connectivity index (χ0) is 18.5. The molecule has 3 aromatic carbocycles. The Hall–Kier alpha value is -2.78. The molecular formula is C23H24O3. The summed E-state index contributed by atoms with van der Waals surface area (Å²) in [6.07, 6.45) is -0.774. The molecule has 1 N–H and O–H groups in total. The maximum absolute atomic E-state index is 11.4. The first-order valence-corrected chi connectivity index (χ1v) is 8.66. The first-order chi connectivity index (χ1) is 12.7. The van der Waals surface area contributed by atoms with Crippen LogP contribution in [0.2, 0.25) is 0 Å². The van der Waals surface area contributed by atoms with E-state index in [2.05, 4.69) is 0 Å². The van der Waals surface area contributed by atoms with Gasteiger partial charge in [0.2, 0.25) is 0 Å². The molecule has 0 aliphatic heterocycles. The van der Waals surface area contributed by atoms with E-state index in [-0.39, 0.29) is 5.92 Å². The van der Waals surface area contributed by atoms with Crippen LogP contribution in [0.3, 0.4) is 0 Å². The number of hydrogen-bond acceptors (Lipinski definition) is 3. The van der Waals surface area contributed by atoms with Crippen LogP contribution in [0, 0.1) is 6.92 Å². The molecule has 0 amide bonds. The predicted octanol–water partition coefficient (Wildman–Crippen LogP) is 4.88. The second-order valence-corrected chi connectivity index (χ2v) is 6.31. The molecule has 0 saturated heterocycles. The van der Waals surface area contributed by atoms with Crippen molar-refractivity contribution in [1.29, 1.82) is 0 Å². The SMILES string of the molecule is COc1cc(C(O)C(c2ccccc2)c2ccccc2)c(OC)cc1C. The smallest absolute Gasteiger partial charge is 0.125 e. The van der Waals surface area contributed by atoms with Gasteiger partial charge in [0.05, 0.1) is 20.3 Å². The van der Waals surface area contributed by atoms with E-state index in [4.69, 9.17) is 9.47 Å². The number of benzene rings is 3. The standard InChI is InChI=1S/C23H24O3/c1-16-14-21(26-3)19(15-20(16)25-2)23(24)22(17-10-6-4-7-11-17)18-12-8-5-9-13-18/h4-15,22-24H,1-3H3. The minimum Gasteiger partial charge on any atom is -0.496 e. The van der Waals surface area contributed by atoms with Gasteiger partial charge in [0.15, 0.2) is 0 Å². The minimum absolute atomic E-state index is 0.210. The van der Waals surface area contributed by atoms with Gasteiger partial charge < -0.3 is 14.6 Å². The predicted molar refractivity (Wildman–Crippen MR) is 104 cm³/mol. The van der Waals surface area contributed by atoms with Crippen molar-refractivity contribution in [3.8, 4) is 11.5 Å². The maximum atomic E-state index is 11.4. The molecule has 26 heavy (non-hydrogen) atoms. The molecule has 0 fully saturated rings. The molecule has 3 aromatic rings. The molecule has 0 spiro atoms. The minimum atomic E-state index is -0.774. The van der Waals surface area contributed by atoms with Crippen LogP contribution in [-0.4, -0.2) is 19.3 Å². The van der Waals surface area contributed by atoms with Crippen molar-refractivity contribution in [3.05, 3.63) is 95.1 Å². The largest absolute Gasteiger partial charge is 0.496 e. The van der Waals surface area contributed by atoms with E-state index in [0.717, 1.165) is 22.4 Å². The van der Waals surface area contributed by atoms with Crippen LogP contribution in [0.15, 0.2) is 72.8 Å². The Labute approximate surface area is 154 Å². The lowest BCUT2D eigenvalue weighted by molar-refractivity contribution is 0.154. The second kappa shape index (κ2) is 8.07. The Balaban J connectivity index is 2.13. The van der Waals surface area contributed by atoms with Crippen molar-refractivity contribution in [1.82, 2.24) is 0 Å². The zero-order valence-corrected chi connectivity index (χ0v) is 15.3. The van der Waals surface area contributed by atoms with Crippen LogP contribution in [-0.2, 0) is 0 Å². The van der Waals surface area contributed by atoms with Gasteiger partial charge in [-0.25, -0.2) is 0 Å². The van der Waals surface area contributed by atoms with E-state index in [1.54, 1.807) is 14.2 Å². The molecule has 1 unspecified atom stereocenters. The fourth-order valence-electron chi connectivity index (χ4n) is 3.36. The van der Waals surface area contributed by atoms with Crippen LogP contribution in [0.4, 0.5) is 0 Å². The van der Waals surface area contributed by atoms with Gasteiger partial charge in [-0.05, 0) is 35.7 Å². The summed E-state index contributed by atoms with van der Waals surface area (Å²) in [4.78, 5) is 0. The van der Waals surface area contributed by atoms with Crippen molar-refractivity contribution >= 4 is 0 Å². The Bertz CT molecular complexity index is 805. The van der Waals surface area contributed by atoms with Crippen molar-refractivity contribution < 1.29 is 14.6 Å². The van der Waals surface area contributed by atoms with Gasteiger partial charge in [-0.3, -0.25) is 0 Å². The molecule has 0 aliphatic rings. The Kier molecular flexibility index (Phi) is 5.59. The summed E-state index contributed by atoms with van der Waals surface area (Å²) in [6.45, 7) is 1.96. The summed E-state index contributed by atoms with van der Waals surface area (Å²) in [5.74, 6) is 1.19. The number of aliphatic hydroxyl groups is 1. The maximum Gasteiger partial charge on any atom is 0.125 e. The van der Waals surface area contributed by atoms with Gasteiger partial charge in [-0.1, -0.05) is 60.7 Å². The molecule has 0 radical (unpaired) electrons. The Morgan fingerprint density at radius 1 is 0.731 bits per heavy atom. The highest BCUT2D eigenvalue weighted by atomic mass is 16.5. The van der Waals surface area contributed by atoms with Crippen LogP contribution in [0.25, 0.3) is 0 Å². The van der Waals surface area contributed by atoms with Crippen LogP contribution >= 0.6 is 0 Å². The van der Waals surface area contributed by atoms with Crippen molar-refractivity contribution in [3.63, 3.8) is 0 Å². The fraction of sp³-hybridized carbons (Fsp3) is 0.217.